The summed E-state index contributed by atoms with van der Waals surface area (Å²) < 4.78 is 2.45. The van der Waals surface area contributed by atoms with E-state index in [0.717, 1.165) is 6.54 Å². The van der Waals surface area contributed by atoms with Gasteiger partial charge in [-0.3, -0.25) is 4.90 Å². The maximum atomic E-state index is 2.45. The van der Waals surface area contributed by atoms with Crippen LogP contribution < -0.4 is 0 Å². The molecule has 0 fully saturated rings. The van der Waals surface area contributed by atoms with Crippen LogP contribution in [-0.4, -0.2) is 48.9 Å². The highest BCUT2D eigenvalue weighted by Crippen LogP contribution is 1.92. The van der Waals surface area contributed by atoms with Crippen LogP contribution in [0, 0.1) is 0 Å². The Labute approximate surface area is 69.5 Å². The summed E-state index contributed by atoms with van der Waals surface area (Å²) in [6, 6.07) is 0. The normalized spacial score (nSPS) is 20.0. The average molecular weight is 155 g/mol. The van der Waals surface area contributed by atoms with Gasteiger partial charge in [0.15, 0.2) is 12.8 Å². The van der Waals surface area contributed by atoms with E-state index in [1.165, 1.54) is 32.5 Å². The second-order valence-electron chi connectivity index (χ2n) is 3.33. The van der Waals surface area contributed by atoms with Crippen LogP contribution in [-0.2, 0) is 0 Å². The van der Waals surface area contributed by atoms with Crippen molar-refractivity contribution in [2.45, 2.75) is 19.8 Å². The first kappa shape index (κ1) is 8.72. The van der Waals surface area contributed by atoms with Gasteiger partial charge in [-0.1, -0.05) is 13.3 Å². The van der Waals surface area contributed by atoms with Crippen molar-refractivity contribution in [2.75, 3.05) is 33.2 Å². The van der Waals surface area contributed by atoms with Crippen molar-refractivity contribution < 1.29 is 4.58 Å². The monoisotopic (exact) mass is 155 g/mol. The first-order valence-electron chi connectivity index (χ1n) is 4.59. The third-order valence-electron chi connectivity index (χ3n) is 2.22. The summed E-state index contributed by atoms with van der Waals surface area (Å²) >= 11 is 0. The van der Waals surface area contributed by atoms with Crippen molar-refractivity contribution in [3.63, 3.8) is 0 Å². The molecule has 0 aromatic heterocycles. The molecule has 1 heterocycles. The molecule has 1 rings (SSSR count). The molecule has 0 bridgehead atoms. The molecular formula is C9H19N2+. The summed E-state index contributed by atoms with van der Waals surface area (Å²) in [5, 5.41) is 0. The Morgan fingerprint density at radius 2 is 2.36 bits per heavy atom. The van der Waals surface area contributed by atoms with Crippen molar-refractivity contribution in [1.82, 2.24) is 4.90 Å². The number of nitrogens with zero attached hydrogens (tertiary/aromatic N) is 2. The Kier molecular flexibility index (Phi) is 3.57. The van der Waals surface area contributed by atoms with Crippen LogP contribution in [0.3, 0.4) is 0 Å². The molecule has 0 aromatic rings. The van der Waals surface area contributed by atoms with Crippen molar-refractivity contribution >= 4 is 6.21 Å². The standard InChI is InChI=1S/C9H19N2/c1-3-4-5-11-8-6-10(2)7-9-11/h8H,3-7,9H2,1-2H3/q+1. The van der Waals surface area contributed by atoms with Crippen molar-refractivity contribution in [2.24, 2.45) is 0 Å². The van der Waals surface area contributed by atoms with Crippen molar-refractivity contribution in [1.29, 1.82) is 0 Å². The molecule has 0 aromatic carbocycles. The third-order valence-corrected chi connectivity index (χ3v) is 2.22. The second kappa shape index (κ2) is 4.50. The fourth-order valence-corrected chi connectivity index (χ4v) is 1.30. The Balaban J connectivity index is 2.24. The topological polar surface area (TPSA) is 6.25 Å². The molecule has 1 aliphatic rings. The molecule has 0 saturated heterocycles. The largest absolute Gasteiger partial charge is 0.291 e. The van der Waals surface area contributed by atoms with Crippen LogP contribution in [0.15, 0.2) is 0 Å². The number of rotatable bonds is 3. The van der Waals surface area contributed by atoms with Crippen LogP contribution in [0.25, 0.3) is 0 Å². The minimum atomic E-state index is 1.13. The lowest BCUT2D eigenvalue weighted by atomic mass is 10.3. The molecule has 0 unspecified atom stereocenters. The molecule has 2 heteroatoms. The third kappa shape index (κ3) is 3.02. The van der Waals surface area contributed by atoms with Gasteiger partial charge < -0.3 is 0 Å². The van der Waals surface area contributed by atoms with Crippen LogP contribution in [0.5, 0.6) is 0 Å². The average Bonchev–Trinajstić information content (AvgIpc) is 2.04. The molecule has 1 aliphatic heterocycles. The molecule has 11 heavy (non-hydrogen) atoms. The van der Waals surface area contributed by atoms with Gasteiger partial charge in [0.2, 0.25) is 0 Å². The SMILES string of the molecule is CCCC[N+]1=CCN(C)CC1. The number of hydrogen-bond donors (Lipinski definition) is 0. The molecule has 0 radical (unpaired) electrons. The van der Waals surface area contributed by atoms with Gasteiger partial charge in [0.05, 0.1) is 13.1 Å². The molecule has 2 nitrogen and oxygen atoms in total. The molecule has 0 amide bonds. The van der Waals surface area contributed by atoms with Crippen LogP contribution in [0.1, 0.15) is 19.8 Å². The summed E-state index contributed by atoms with van der Waals surface area (Å²) in [4.78, 5) is 2.35. The zero-order chi connectivity index (χ0) is 8.10. The Morgan fingerprint density at radius 1 is 1.55 bits per heavy atom. The number of likely N-dealkylation sites (N-methyl/N-ethyl adjacent to an activating group) is 1. The van der Waals surface area contributed by atoms with Gasteiger partial charge in [-0.25, -0.2) is 4.58 Å². The summed E-state index contributed by atoms with van der Waals surface area (Å²) in [7, 11) is 2.17. The maximum absolute atomic E-state index is 2.45. The highest BCUT2D eigenvalue weighted by atomic mass is 15.2. The van der Waals surface area contributed by atoms with Crippen LogP contribution >= 0.6 is 0 Å². The first-order valence-corrected chi connectivity index (χ1v) is 4.59. The highest BCUT2D eigenvalue weighted by molar-refractivity contribution is 5.54. The highest BCUT2D eigenvalue weighted by Gasteiger charge is 2.11. The van der Waals surface area contributed by atoms with Gasteiger partial charge >= 0.3 is 0 Å². The smallest absolute Gasteiger partial charge is 0.155 e. The fraction of sp³-hybridized carbons (Fsp3) is 0.889. The van der Waals surface area contributed by atoms with Crippen molar-refractivity contribution in [3.8, 4) is 0 Å². The van der Waals surface area contributed by atoms with Gasteiger partial charge in [0.25, 0.3) is 0 Å². The van der Waals surface area contributed by atoms with E-state index in [1.54, 1.807) is 0 Å². The molecule has 0 spiro atoms. The summed E-state index contributed by atoms with van der Waals surface area (Å²) in [6.45, 7) is 7.07. The van der Waals surface area contributed by atoms with E-state index in [1.807, 2.05) is 0 Å². The molecule has 0 atom stereocenters. The van der Waals surface area contributed by atoms with Gasteiger partial charge in [-0.05, 0) is 7.05 Å². The van der Waals surface area contributed by atoms with Crippen LogP contribution in [0.2, 0.25) is 0 Å². The van der Waals surface area contributed by atoms with Crippen LogP contribution in [0.4, 0.5) is 0 Å². The predicted octanol–water partition coefficient (Wildman–Crippen LogP) is 0.815. The minimum absolute atomic E-state index is 1.13. The van der Waals surface area contributed by atoms with E-state index >= 15 is 0 Å². The Hall–Kier alpha value is -0.370. The van der Waals surface area contributed by atoms with E-state index < -0.39 is 0 Å². The van der Waals surface area contributed by atoms with E-state index in [0.29, 0.717) is 0 Å². The number of hydrogen-bond acceptors (Lipinski definition) is 1. The van der Waals surface area contributed by atoms with Gasteiger partial charge in [-0.15, -0.1) is 0 Å². The minimum Gasteiger partial charge on any atom is -0.291 e. The molecule has 64 valence electrons. The molecule has 0 N–H and O–H groups in total. The van der Waals surface area contributed by atoms with E-state index in [4.69, 9.17) is 0 Å². The first-order chi connectivity index (χ1) is 5.33. The Bertz CT molecular complexity index is 140. The lowest BCUT2D eigenvalue weighted by molar-refractivity contribution is -0.529. The number of unbranched alkanes of at least 4 members (excludes halogenated alkanes) is 1. The second-order valence-corrected chi connectivity index (χ2v) is 3.33. The fourth-order valence-electron chi connectivity index (χ4n) is 1.30. The van der Waals surface area contributed by atoms with Gasteiger partial charge in [0, 0.05) is 6.42 Å². The maximum Gasteiger partial charge on any atom is 0.155 e. The zero-order valence-electron chi connectivity index (χ0n) is 7.71. The van der Waals surface area contributed by atoms with Gasteiger partial charge in [-0.2, -0.15) is 0 Å². The predicted molar refractivity (Wildman–Crippen MR) is 48.5 cm³/mol. The molecule has 0 aliphatic carbocycles. The summed E-state index contributed by atoms with van der Waals surface area (Å²) in [6.07, 6.45) is 4.96. The molecular weight excluding hydrogens is 136 g/mol. The Morgan fingerprint density at radius 3 is 2.91 bits per heavy atom. The molecule has 0 saturated carbocycles. The summed E-state index contributed by atoms with van der Waals surface area (Å²) in [5.41, 5.74) is 0. The van der Waals surface area contributed by atoms with E-state index in [-0.39, 0.29) is 0 Å². The lowest BCUT2D eigenvalue weighted by Crippen LogP contribution is -2.37. The summed E-state index contributed by atoms with van der Waals surface area (Å²) in [5.74, 6) is 0. The zero-order valence-corrected chi connectivity index (χ0v) is 7.71. The van der Waals surface area contributed by atoms with Crippen molar-refractivity contribution in [3.05, 3.63) is 0 Å². The lowest BCUT2D eigenvalue weighted by Gasteiger charge is -2.17. The van der Waals surface area contributed by atoms with Gasteiger partial charge in [0.1, 0.15) is 6.54 Å². The van der Waals surface area contributed by atoms with E-state index in [2.05, 4.69) is 29.7 Å². The quantitative estimate of drug-likeness (QED) is 0.547. The van der Waals surface area contributed by atoms with E-state index in [9.17, 15) is 0 Å².